The van der Waals surface area contributed by atoms with E-state index in [4.69, 9.17) is 0 Å². The van der Waals surface area contributed by atoms with Crippen molar-refractivity contribution >= 4 is 21.6 Å². The Labute approximate surface area is 148 Å². The van der Waals surface area contributed by atoms with Crippen LogP contribution in [0.15, 0.2) is 47.4 Å². The van der Waals surface area contributed by atoms with Gasteiger partial charge in [-0.15, -0.1) is 0 Å². The minimum atomic E-state index is -3.56. The highest BCUT2D eigenvalue weighted by atomic mass is 32.2. The molecule has 0 heterocycles. The van der Waals surface area contributed by atoms with Crippen molar-refractivity contribution in [2.24, 2.45) is 5.92 Å². The first-order valence-corrected chi connectivity index (χ1v) is 9.80. The largest absolute Gasteiger partial charge is 0.326 e. The molecule has 2 aromatic rings. The number of carbonyl (C=O) groups excluding carboxylic acids is 1. The number of hydrogen-bond donors (Lipinski definition) is 2. The normalized spacial score (nSPS) is 14.3. The summed E-state index contributed by atoms with van der Waals surface area (Å²) in [6.07, 6.45) is 1.92. The average Bonchev–Trinajstić information content (AvgIpc) is 3.39. The Bertz CT molecular complexity index is 885. The lowest BCUT2D eigenvalue weighted by Crippen LogP contribution is -2.24. The second-order valence-corrected chi connectivity index (χ2v) is 8.29. The molecule has 6 heteroatoms. The fourth-order valence-corrected chi connectivity index (χ4v) is 3.89. The molecular formula is C19H22N2O3S. The van der Waals surface area contributed by atoms with Gasteiger partial charge in [0, 0.05) is 18.2 Å². The maximum absolute atomic E-state index is 12.5. The molecule has 2 aromatic carbocycles. The Hall–Kier alpha value is -2.18. The molecule has 132 valence electrons. The van der Waals surface area contributed by atoms with Gasteiger partial charge in [-0.3, -0.25) is 4.79 Å². The number of carbonyl (C=O) groups is 1. The van der Waals surface area contributed by atoms with E-state index in [1.165, 1.54) is 0 Å². The van der Waals surface area contributed by atoms with E-state index in [1.54, 1.807) is 31.2 Å². The summed E-state index contributed by atoms with van der Waals surface area (Å²) in [5.41, 5.74) is 3.32. The van der Waals surface area contributed by atoms with Gasteiger partial charge in [0.25, 0.3) is 0 Å². The summed E-state index contributed by atoms with van der Waals surface area (Å²) in [6, 6.07) is 12.5. The van der Waals surface area contributed by atoms with Crippen molar-refractivity contribution in [3.63, 3.8) is 0 Å². The number of sulfonamides is 1. The molecule has 0 saturated heterocycles. The van der Waals surface area contributed by atoms with Gasteiger partial charge in [0.1, 0.15) is 0 Å². The maximum Gasteiger partial charge on any atom is 0.241 e. The molecule has 1 amide bonds. The summed E-state index contributed by atoms with van der Waals surface area (Å²) < 4.78 is 27.6. The van der Waals surface area contributed by atoms with Crippen LogP contribution in [0, 0.1) is 19.8 Å². The van der Waals surface area contributed by atoms with Crippen LogP contribution in [0.25, 0.3) is 0 Å². The van der Waals surface area contributed by atoms with Gasteiger partial charge in [-0.25, -0.2) is 13.1 Å². The molecule has 0 unspecified atom stereocenters. The monoisotopic (exact) mass is 358 g/mol. The minimum absolute atomic E-state index is 0.0586. The summed E-state index contributed by atoms with van der Waals surface area (Å²) in [5.74, 6) is 0.215. The van der Waals surface area contributed by atoms with E-state index < -0.39 is 10.0 Å². The number of hydrogen-bond acceptors (Lipinski definition) is 3. The van der Waals surface area contributed by atoms with Crippen LogP contribution >= 0.6 is 0 Å². The zero-order valence-electron chi connectivity index (χ0n) is 14.4. The minimum Gasteiger partial charge on any atom is -0.326 e. The highest BCUT2D eigenvalue weighted by molar-refractivity contribution is 7.89. The van der Waals surface area contributed by atoms with Crippen LogP contribution in [0.3, 0.4) is 0 Å². The predicted octanol–water partition coefficient (Wildman–Crippen LogP) is 3.13. The highest BCUT2D eigenvalue weighted by Gasteiger charge is 2.29. The Kier molecular flexibility index (Phi) is 4.92. The lowest BCUT2D eigenvalue weighted by molar-refractivity contribution is -0.117. The predicted molar refractivity (Wildman–Crippen MR) is 97.7 cm³/mol. The van der Waals surface area contributed by atoms with E-state index in [0.717, 1.165) is 35.2 Å². The third-order valence-corrected chi connectivity index (χ3v) is 5.82. The molecule has 2 N–H and O–H groups in total. The quantitative estimate of drug-likeness (QED) is 0.833. The molecule has 1 aliphatic rings. The SMILES string of the molecule is Cc1ccc(S(=O)(=O)NCc2ccc(NC(=O)C3CC3)cc2)c(C)c1. The van der Waals surface area contributed by atoms with Crippen LogP contribution in [0.2, 0.25) is 0 Å². The van der Waals surface area contributed by atoms with Gasteiger partial charge in [0.15, 0.2) is 0 Å². The van der Waals surface area contributed by atoms with Crippen molar-refractivity contribution in [2.45, 2.75) is 38.1 Å². The number of benzene rings is 2. The van der Waals surface area contributed by atoms with Gasteiger partial charge >= 0.3 is 0 Å². The molecule has 0 spiro atoms. The second kappa shape index (κ2) is 6.98. The third-order valence-electron chi connectivity index (χ3n) is 4.26. The standard InChI is InChI=1S/C19H22N2O3S/c1-13-3-10-18(14(2)11-13)25(23,24)20-12-15-4-8-17(9-5-15)21-19(22)16-6-7-16/h3-5,8-11,16,20H,6-7,12H2,1-2H3,(H,21,22). The molecule has 0 radical (unpaired) electrons. The zero-order chi connectivity index (χ0) is 18.0. The van der Waals surface area contributed by atoms with E-state index in [0.29, 0.717) is 4.90 Å². The van der Waals surface area contributed by atoms with Crippen LogP contribution in [-0.2, 0) is 21.4 Å². The summed E-state index contributed by atoms with van der Waals surface area (Å²) in [4.78, 5) is 12.0. The molecule has 5 nitrogen and oxygen atoms in total. The molecule has 1 fully saturated rings. The van der Waals surface area contributed by atoms with Gasteiger partial charge < -0.3 is 5.32 Å². The Morgan fingerprint density at radius 3 is 2.36 bits per heavy atom. The van der Waals surface area contributed by atoms with Crippen LogP contribution in [0.4, 0.5) is 5.69 Å². The van der Waals surface area contributed by atoms with Crippen LogP contribution < -0.4 is 10.0 Å². The number of anilines is 1. The number of rotatable bonds is 6. The lowest BCUT2D eigenvalue weighted by atomic mass is 10.2. The van der Waals surface area contributed by atoms with E-state index in [1.807, 2.05) is 25.1 Å². The second-order valence-electron chi connectivity index (χ2n) is 6.55. The van der Waals surface area contributed by atoms with E-state index in [-0.39, 0.29) is 18.4 Å². The van der Waals surface area contributed by atoms with Crippen LogP contribution in [0.5, 0.6) is 0 Å². The zero-order valence-corrected chi connectivity index (χ0v) is 15.2. The van der Waals surface area contributed by atoms with Gasteiger partial charge in [-0.1, -0.05) is 29.8 Å². The Morgan fingerprint density at radius 2 is 1.76 bits per heavy atom. The molecule has 1 aliphatic carbocycles. The molecule has 0 atom stereocenters. The molecule has 3 rings (SSSR count). The first kappa shape index (κ1) is 17.6. The molecule has 0 aromatic heterocycles. The lowest BCUT2D eigenvalue weighted by Gasteiger charge is -2.10. The first-order chi connectivity index (χ1) is 11.8. The van der Waals surface area contributed by atoms with Crippen molar-refractivity contribution in [2.75, 3.05) is 5.32 Å². The van der Waals surface area contributed by atoms with Gasteiger partial charge in [-0.05, 0) is 56.0 Å². The van der Waals surface area contributed by atoms with Crippen molar-refractivity contribution in [3.8, 4) is 0 Å². The van der Waals surface area contributed by atoms with Crippen LogP contribution in [0.1, 0.15) is 29.5 Å². The molecule has 0 aliphatic heterocycles. The van der Waals surface area contributed by atoms with E-state index in [9.17, 15) is 13.2 Å². The number of nitrogens with one attached hydrogen (secondary N) is 2. The van der Waals surface area contributed by atoms with Crippen molar-refractivity contribution in [1.82, 2.24) is 4.72 Å². The fourth-order valence-electron chi connectivity index (χ4n) is 2.65. The van der Waals surface area contributed by atoms with Crippen molar-refractivity contribution in [3.05, 3.63) is 59.2 Å². The molecule has 0 bridgehead atoms. The maximum atomic E-state index is 12.5. The van der Waals surface area contributed by atoms with Crippen molar-refractivity contribution < 1.29 is 13.2 Å². The Balaban J connectivity index is 1.63. The molecule has 1 saturated carbocycles. The Morgan fingerprint density at radius 1 is 1.08 bits per heavy atom. The number of aryl methyl sites for hydroxylation is 2. The average molecular weight is 358 g/mol. The van der Waals surface area contributed by atoms with Gasteiger partial charge in [-0.2, -0.15) is 0 Å². The smallest absolute Gasteiger partial charge is 0.241 e. The summed E-state index contributed by atoms with van der Waals surface area (Å²) in [6.45, 7) is 3.92. The topological polar surface area (TPSA) is 75.3 Å². The highest BCUT2D eigenvalue weighted by Crippen LogP contribution is 2.30. The fraction of sp³-hybridized carbons (Fsp3) is 0.316. The van der Waals surface area contributed by atoms with E-state index >= 15 is 0 Å². The molecular weight excluding hydrogens is 336 g/mol. The number of amides is 1. The van der Waals surface area contributed by atoms with Crippen LogP contribution in [-0.4, -0.2) is 14.3 Å². The molecule has 25 heavy (non-hydrogen) atoms. The summed E-state index contributed by atoms with van der Waals surface area (Å²) in [7, 11) is -3.56. The van der Waals surface area contributed by atoms with Crippen molar-refractivity contribution in [1.29, 1.82) is 0 Å². The van der Waals surface area contributed by atoms with Gasteiger partial charge in [0.2, 0.25) is 15.9 Å². The van der Waals surface area contributed by atoms with E-state index in [2.05, 4.69) is 10.0 Å². The first-order valence-electron chi connectivity index (χ1n) is 8.32. The summed E-state index contributed by atoms with van der Waals surface area (Å²) in [5, 5.41) is 2.86. The third kappa shape index (κ3) is 4.46. The summed E-state index contributed by atoms with van der Waals surface area (Å²) >= 11 is 0. The van der Waals surface area contributed by atoms with Gasteiger partial charge in [0.05, 0.1) is 4.90 Å².